The van der Waals surface area contributed by atoms with Crippen molar-refractivity contribution in [2.45, 2.75) is 19.0 Å². The van der Waals surface area contributed by atoms with Crippen LogP contribution in [0.15, 0.2) is 0 Å². The molecule has 0 spiro atoms. The summed E-state index contributed by atoms with van der Waals surface area (Å²) < 4.78 is 42.5. The van der Waals surface area contributed by atoms with E-state index in [0.717, 1.165) is 12.8 Å². The highest BCUT2D eigenvalue weighted by Crippen LogP contribution is 2.28. The van der Waals surface area contributed by atoms with E-state index >= 15 is 0 Å². The molecule has 4 nitrogen and oxygen atoms in total. The van der Waals surface area contributed by atoms with Crippen molar-refractivity contribution in [1.29, 1.82) is 0 Å². The molecule has 1 aliphatic rings. The fraction of sp³-hybridized carbons (Fsp3) is 0.909. The third kappa shape index (κ3) is 4.45. The number of aliphatic carboxylic acids is 1. The van der Waals surface area contributed by atoms with E-state index in [1.807, 2.05) is 0 Å². The van der Waals surface area contributed by atoms with Gasteiger partial charge in [-0.2, -0.15) is 13.2 Å². The Morgan fingerprint density at radius 1 is 1.44 bits per heavy atom. The second kappa shape index (κ2) is 6.38. The van der Waals surface area contributed by atoms with Crippen LogP contribution in [0.3, 0.4) is 0 Å². The highest BCUT2D eigenvalue weighted by Gasteiger charge is 2.46. The van der Waals surface area contributed by atoms with Crippen LogP contribution >= 0.6 is 0 Å². The van der Waals surface area contributed by atoms with E-state index in [-0.39, 0.29) is 0 Å². The molecule has 106 valence electrons. The molecule has 1 atom stereocenters. The van der Waals surface area contributed by atoms with Crippen LogP contribution in [0.25, 0.3) is 0 Å². The number of carbonyl (C=O) groups is 1. The molecule has 1 N–H and O–H groups in total. The van der Waals surface area contributed by atoms with Crippen molar-refractivity contribution in [2.24, 2.45) is 11.8 Å². The number of rotatable bonds is 5. The molecule has 7 heteroatoms. The molecule has 1 aliphatic heterocycles. The van der Waals surface area contributed by atoms with E-state index < -0.39 is 24.6 Å². The van der Waals surface area contributed by atoms with Crippen molar-refractivity contribution in [2.75, 3.05) is 33.4 Å². The Morgan fingerprint density at radius 2 is 2.00 bits per heavy atom. The summed E-state index contributed by atoms with van der Waals surface area (Å²) in [6, 6.07) is 0. The van der Waals surface area contributed by atoms with Crippen LogP contribution in [0.5, 0.6) is 0 Å². The maximum absolute atomic E-state index is 12.5. The Labute approximate surface area is 104 Å². The number of halogens is 3. The van der Waals surface area contributed by atoms with Crippen LogP contribution in [-0.4, -0.2) is 55.5 Å². The van der Waals surface area contributed by atoms with Crippen molar-refractivity contribution in [3.63, 3.8) is 0 Å². The van der Waals surface area contributed by atoms with E-state index in [4.69, 9.17) is 9.84 Å². The van der Waals surface area contributed by atoms with E-state index in [1.54, 1.807) is 12.0 Å². The first-order valence-electron chi connectivity index (χ1n) is 5.85. The van der Waals surface area contributed by atoms with Gasteiger partial charge in [0.2, 0.25) is 0 Å². The molecule has 18 heavy (non-hydrogen) atoms. The summed E-state index contributed by atoms with van der Waals surface area (Å²) in [5.41, 5.74) is 0. The Morgan fingerprint density at radius 3 is 2.39 bits per heavy atom. The second-order valence-electron chi connectivity index (χ2n) is 4.63. The maximum Gasteiger partial charge on any atom is 0.403 e. The zero-order valence-corrected chi connectivity index (χ0v) is 10.2. The van der Waals surface area contributed by atoms with E-state index in [1.165, 1.54) is 0 Å². The molecule has 1 saturated heterocycles. The highest BCUT2D eigenvalue weighted by molar-refractivity contribution is 5.71. The molecule has 1 rings (SSSR count). The third-order valence-electron chi connectivity index (χ3n) is 3.24. The predicted octanol–water partition coefficient (Wildman–Crippen LogP) is 1.61. The van der Waals surface area contributed by atoms with E-state index in [9.17, 15) is 18.0 Å². The van der Waals surface area contributed by atoms with Crippen LogP contribution in [0.4, 0.5) is 13.2 Å². The largest absolute Gasteiger partial charge is 0.481 e. The van der Waals surface area contributed by atoms with Crippen LogP contribution in [-0.2, 0) is 9.53 Å². The molecular formula is C11H18F3NO3. The zero-order chi connectivity index (χ0) is 13.8. The van der Waals surface area contributed by atoms with Gasteiger partial charge in [-0.15, -0.1) is 0 Å². The Balaban J connectivity index is 2.46. The standard InChI is InChI=1S/C11H18F3NO3/c1-18-7-8-2-4-15(5-3-8)6-9(10(16)17)11(12,13)14/h8-9H,2-7H2,1H3,(H,16,17). The molecule has 1 unspecified atom stereocenters. The third-order valence-corrected chi connectivity index (χ3v) is 3.24. The van der Waals surface area contributed by atoms with Gasteiger partial charge in [0.15, 0.2) is 5.92 Å². The smallest absolute Gasteiger partial charge is 0.403 e. The molecule has 0 aromatic carbocycles. The number of carboxylic acids is 1. The number of piperidine rings is 1. The quantitative estimate of drug-likeness (QED) is 0.823. The Kier molecular flexibility index (Phi) is 5.40. The first kappa shape index (κ1) is 15.2. The van der Waals surface area contributed by atoms with Gasteiger partial charge in [-0.3, -0.25) is 4.79 Å². The lowest BCUT2D eigenvalue weighted by atomic mass is 9.96. The molecule has 0 radical (unpaired) electrons. The fourth-order valence-electron chi connectivity index (χ4n) is 2.15. The van der Waals surface area contributed by atoms with Gasteiger partial charge in [0, 0.05) is 20.3 Å². The lowest BCUT2D eigenvalue weighted by molar-refractivity contribution is -0.197. The number of methoxy groups -OCH3 is 1. The van der Waals surface area contributed by atoms with Gasteiger partial charge in [-0.1, -0.05) is 0 Å². The van der Waals surface area contributed by atoms with Crippen molar-refractivity contribution in [3.8, 4) is 0 Å². The predicted molar refractivity (Wildman–Crippen MR) is 58.2 cm³/mol. The van der Waals surface area contributed by atoms with Crippen molar-refractivity contribution >= 4 is 5.97 Å². The normalized spacial score (nSPS) is 20.9. The number of likely N-dealkylation sites (tertiary alicyclic amines) is 1. The van der Waals surface area contributed by atoms with Crippen LogP contribution in [0.1, 0.15) is 12.8 Å². The molecule has 0 bridgehead atoms. The summed E-state index contributed by atoms with van der Waals surface area (Å²) in [4.78, 5) is 12.2. The minimum absolute atomic E-state index is 0.361. The Hall–Kier alpha value is -0.820. The van der Waals surface area contributed by atoms with Gasteiger partial charge < -0.3 is 14.7 Å². The molecular weight excluding hydrogens is 251 g/mol. The molecule has 0 saturated carbocycles. The SMILES string of the molecule is COCC1CCN(CC(C(=O)O)C(F)(F)F)CC1. The van der Waals surface area contributed by atoms with Crippen LogP contribution in [0, 0.1) is 11.8 Å². The molecule has 0 amide bonds. The molecule has 0 aromatic heterocycles. The van der Waals surface area contributed by atoms with Crippen LogP contribution in [0.2, 0.25) is 0 Å². The number of hydrogen-bond donors (Lipinski definition) is 1. The fourth-order valence-corrected chi connectivity index (χ4v) is 2.15. The van der Waals surface area contributed by atoms with E-state index in [0.29, 0.717) is 25.6 Å². The van der Waals surface area contributed by atoms with Crippen molar-refractivity contribution < 1.29 is 27.8 Å². The zero-order valence-electron chi connectivity index (χ0n) is 10.2. The average Bonchev–Trinajstić information content (AvgIpc) is 2.26. The molecule has 1 fully saturated rings. The molecule has 0 aromatic rings. The second-order valence-corrected chi connectivity index (χ2v) is 4.63. The number of ether oxygens (including phenoxy) is 1. The van der Waals surface area contributed by atoms with Gasteiger partial charge in [0.25, 0.3) is 0 Å². The van der Waals surface area contributed by atoms with Gasteiger partial charge in [-0.05, 0) is 31.8 Å². The lowest BCUT2D eigenvalue weighted by Crippen LogP contribution is -2.44. The molecule has 0 aliphatic carbocycles. The number of hydrogen-bond acceptors (Lipinski definition) is 3. The first-order chi connectivity index (χ1) is 8.34. The summed E-state index contributed by atoms with van der Waals surface area (Å²) in [6.07, 6.45) is -3.19. The number of alkyl halides is 3. The maximum atomic E-state index is 12.5. The van der Waals surface area contributed by atoms with Crippen molar-refractivity contribution in [3.05, 3.63) is 0 Å². The summed E-state index contributed by atoms with van der Waals surface area (Å²) in [5, 5.41) is 8.61. The summed E-state index contributed by atoms with van der Waals surface area (Å²) in [7, 11) is 1.59. The van der Waals surface area contributed by atoms with Gasteiger partial charge in [0.1, 0.15) is 0 Å². The van der Waals surface area contributed by atoms with Gasteiger partial charge in [0.05, 0.1) is 0 Å². The van der Waals surface area contributed by atoms with Crippen LogP contribution < -0.4 is 0 Å². The monoisotopic (exact) mass is 269 g/mol. The summed E-state index contributed by atoms with van der Waals surface area (Å²) >= 11 is 0. The lowest BCUT2D eigenvalue weighted by Gasteiger charge is -2.33. The topological polar surface area (TPSA) is 49.8 Å². The van der Waals surface area contributed by atoms with Gasteiger partial charge in [-0.25, -0.2) is 0 Å². The van der Waals surface area contributed by atoms with E-state index in [2.05, 4.69) is 0 Å². The molecule has 1 heterocycles. The number of nitrogens with zero attached hydrogens (tertiary/aromatic N) is 1. The minimum Gasteiger partial charge on any atom is -0.481 e. The highest BCUT2D eigenvalue weighted by atomic mass is 19.4. The Bertz CT molecular complexity index is 275. The van der Waals surface area contributed by atoms with Crippen molar-refractivity contribution in [1.82, 2.24) is 4.90 Å². The number of carboxylic acid groups (broad SMARTS) is 1. The summed E-state index contributed by atoms with van der Waals surface area (Å²) in [6.45, 7) is 1.13. The first-order valence-corrected chi connectivity index (χ1v) is 5.85. The average molecular weight is 269 g/mol. The summed E-state index contributed by atoms with van der Waals surface area (Å²) in [5.74, 6) is -3.74. The minimum atomic E-state index is -4.69. The van der Waals surface area contributed by atoms with Gasteiger partial charge >= 0.3 is 12.1 Å².